The van der Waals surface area contributed by atoms with E-state index in [1.54, 1.807) is 4.80 Å². The van der Waals surface area contributed by atoms with Crippen LogP contribution in [0.5, 0.6) is 0 Å². The van der Waals surface area contributed by atoms with Crippen molar-refractivity contribution >= 4 is 22.7 Å². The summed E-state index contributed by atoms with van der Waals surface area (Å²) in [7, 11) is 0. The van der Waals surface area contributed by atoms with Crippen molar-refractivity contribution in [3.8, 4) is 0 Å². The van der Waals surface area contributed by atoms with Gasteiger partial charge >= 0.3 is 0 Å². The zero-order chi connectivity index (χ0) is 25.1. The number of nitrogens with zero attached hydrogens (tertiary/aromatic N) is 7. The van der Waals surface area contributed by atoms with Gasteiger partial charge in [0.2, 0.25) is 5.95 Å². The van der Waals surface area contributed by atoms with E-state index in [2.05, 4.69) is 48.4 Å². The molecule has 1 aromatic carbocycles. The Morgan fingerprint density at radius 2 is 1.68 bits per heavy atom. The maximum Gasteiger partial charge on any atom is 0.225 e. The van der Waals surface area contributed by atoms with Crippen molar-refractivity contribution in [1.29, 1.82) is 0 Å². The van der Waals surface area contributed by atoms with E-state index in [1.165, 1.54) is 57.8 Å². The average Bonchev–Trinajstić information content (AvgIpc) is 3.41. The van der Waals surface area contributed by atoms with Crippen molar-refractivity contribution in [1.82, 2.24) is 40.8 Å². The number of hydrogen-bond acceptors (Lipinski definition) is 9. The highest BCUT2D eigenvalue weighted by Gasteiger charge is 2.17. The van der Waals surface area contributed by atoms with Gasteiger partial charge in [0.25, 0.3) is 0 Å². The first kappa shape index (κ1) is 25.8. The average molecular weight is 507 g/mol. The van der Waals surface area contributed by atoms with E-state index in [4.69, 9.17) is 9.97 Å². The molecule has 0 spiro atoms. The number of piperidine rings is 1. The molecule has 5 rings (SSSR count). The molecule has 10 nitrogen and oxygen atoms in total. The number of aromatic nitrogens is 6. The molecule has 10 heteroatoms. The molecule has 0 bridgehead atoms. The van der Waals surface area contributed by atoms with Gasteiger partial charge in [-0.15, -0.1) is 10.2 Å². The highest BCUT2D eigenvalue weighted by Crippen LogP contribution is 2.27. The molecule has 3 heterocycles. The maximum atomic E-state index is 4.87. The van der Waals surface area contributed by atoms with E-state index in [9.17, 15) is 0 Å². The summed E-state index contributed by atoms with van der Waals surface area (Å²) in [4.78, 5) is 13.7. The van der Waals surface area contributed by atoms with Crippen molar-refractivity contribution in [3.05, 3.63) is 30.1 Å². The van der Waals surface area contributed by atoms with Crippen LogP contribution in [0.3, 0.4) is 0 Å². The second kappa shape index (κ2) is 13.6. The molecule has 0 radical (unpaired) electrons. The molecule has 3 N–H and O–H groups in total. The Kier molecular flexibility index (Phi) is 9.49. The Balaban J connectivity index is 1.03. The maximum absolute atomic E-state index is 4.87. The number of anilines is 2. The molecule has 2 aromatic heterocycles. The third kappa shape index (κ3) is 7.58. The summed E-state index contributed by atoms with van der Waals surface area (Å²) in [6.07, 6.45) is 12.8. The zero-order valence-corrected chi connectivity index (χ0v) is 22.0. The Morgan fingerprint density at radius 3 is 2.57 bits per heavy atom. The fourth-order valence-corrected chi connectivity index (χ4v) is 5.38. The van der Waals surface area contributed by atoms with Crippen LogP contribution >= 0.6 is 0 Å². The Hall–Kier alpha value is -2.85. The molecular weight excluding hydrogens is 464 g/mol. The van der Waals surface area contributed by atoms with Gasteiger partial charge in [0, 0.05) is 24.5 Å². The van der Waals surface area contributed by atoms with E-state index in [1.807, 2.05) is 12.1 Å². The summed E-state index contributed by atoms with van der Waals surface area (Å²) >= 11 is 0. The number of rotatable bonds is 13. The predicted molar refractivity (Wildman–Crippen MR) is 148 cm³/mol. The van der Waals surface area contributed by atoms with Gasteiger partial charge < -0.3 is 20.9 Å². The van der Waals surface area contributed by atoms with Crippen molar-refractivity contribution in [2.24, 2.45) is 0 Å². The minimum absolute atomic E-state index is 0.448. The lowest BCUT2D eigenvalue weighted by molar-refractivity contribution is 0.370. The van der Waals surface area contributed by atoms with E-state index in [-0.39, 0.29) is 0 Å². The topological polar surface area (TPSA) is 109 Å². The van der Waals surface area contributed by atoms with Crippen LogP contribution in [-0.4, -0.2) is 68.9 Å². The first-order valence-corrected chi connectivity index (χ1v) is 14.3. The lowest BCUT2D eigenvalue weighted by Gasteiger charge is -2.28. The third-order valence-electron chi connectivity index (χ3n) is 7.42. The van der Waals surface area contributed by atoms with Crippen LogP contribution in [-0.2, 0) is 13.1 Å². The minimum atomic E-state index is 0.448. The van der Waals surface area contributed by atoms with E-state index >= 15 is 0 Å². The van der Waals surface area contributed by atoms with E-state index in [0.29, 0.717) is 18.3 Å². The number of hydrogen-bond donors (Lipinski definition) is 3. The van der Waals surface area contributed by atoms with Crippen LogP contribution in [0, 0.1) is 0 Å². The first-order valence-electron chi connectivity index (χ1n) is 14.3. The van der Waals surface area contributed by atoms with Crippen LogP contribution in [0.2, 0.25) is 0 Å². The fraction of sp³-hybridized carbons (Fsp3) is 0.667. The van der Waals surface area contributed by atoms with Gasteiger partial charge in [-0.2, -0.15) is 9.78 Å². The van der Waals surface area contributed by atoms with Gasteiger partial charge in [0.1, 0.15) is 5.82 Å². The number of nitrogens with one attached hydrogen (secondary N) is 3. The predicted octanol–water partition coefficient (Wildman–Crippen LogP) is 3.51. The molecule has 200 valence electrons. The summed E-state index contributed by atoms with van der Waals surface area (Å²) < 4.78 is 0. The molecule has 0 atom stereocenters. The molecule has 1 aliphatic heterocycles. The fourth-order valence-electron chi connectivity index (χ4n) is 5.38. The van der Waals surface area contributed by atoms with Crippen LogP contribution in [0.25, 0.3) is 10.9 Å². The molecule has 3 aromatic rings. The Labute approximate surface area is 220 Å². The first-order chi connectivity index (χ1) is 18.3. The SMILES string of the molecule is c1ccc2c(N3CCCCC3)nc(NCc3nnn(CCCNCCCNC4CCCCC4)n3)nc2c1. The van der Waals surface area contributed by atoms with Gasteiger partial charge in [0.15, 0.2) is 5.82 Å². The highest BCUT2D eigenvalue weighted by molar-refractivity contribution is 5.90. The molecule has 2 aliphatic rings. The Morgan fingerprint density at radius 1 is 0.865 bits per heavy atom. The number of fused-ring (bicyclic) bond motifs is 1. The molecule has 0 amide bonds. The van der Waals surface area contributed by atoms with Crippen LogP contribution in [0.4, 0.5) is 11.8 Å². The lowest BCUT2D eigenvalue weighted by atomic mass is 9.95. The third-order valence-corrected chi connectivity index (χ3v) is 7.42. The summed E-state index contributed by atoms with van der Waals surface area (Å²) in [5.74, 6) is 2.28. The number of aryl methyl sites for hydroxylation is 1. The highest BCUT2D eigenvalue weighted by atomic mass is 15.6. The minimum Gasteiger partial charge on any atom is -0.356 e. The van der Waals surface area contributed by atoms with E-state index in [0.717, 1.165) is 68.5 Å². The summed E-state index contributed by atoms with van der Waals surface area (Å²) in [6, 6.07) is 8.99. The monoisotopic (exact) mass is 506 g/mol. The van der Waals surface area contributed by atoms with E-state index < -0.39 is 0 Å². The molecular formula is C27H42N10. The van der Waals surface area contributed by atoms with Crippen LogP contribution in [0.15, 0.2) is 24.3 Å². The van der Waals surface area contributed by atoms with Crippen molar-refractivity contribution in [3.63, 3.8) is 0 Å². The van der Waals surface area contributed by atoms with Crippen molar-refractivity contribution < 1.29 is 0 Å². The van der Waals surface area contributed by atoms with Gasteiger partial charge in [-0.25, -0.2) is 4.98 Å². The van der Waals surface area contributed by atoms with Gasteiger partial charge in [-0.05, 0) is 81.9 Å². The van der Waals surface area contributed by atoms with Crippen molar-refractivity contribution in [2.45, 2.75) is 83.3 Å². The van der Waals surface area contributed by atoms with Crippen LogP contribution < -0.4 is 20.9 Å². The van der Waals surface area contributed by atoms with Gasteiger partial charge in [0.05, 0.1) is 18.6 Å². The summed E-state index contributed by atoms with van der Waals surface area (Å²) in [5.41, 5.74) is 0.953. The molecule has 37 heavy (non-hydrogen) atoms. The normalized spacial score (nSPS) is 16.9. The summed E-state index contributed by atoms with van der Waals surface area (Å²) in [5, 5.41) is 24.6. The quantitative estimate of drug-likeness (QED) is 0.300. The Bertz CT molecular complexity index is 1090. The zero-order valence-electron chi connectivity index (χ0n) is 22.0. The lowest BCUT2D eigenvalue weighted by Crippen LogP contribution is -2.33. The molecule has 1 saturated heterocycles. The van der Waals surface area contributed by atoms with Crippen molar-refractivity contribution in [2.75, 3.05) is 42.9 Å². The van der Waals surface area contributed by atoms with Crippen LogP contribution in [0.1, 0.15) is 70.0 Å². The molecule has 1 aliphatic carbocycles. The summed E-state index contributed by atoms with van der Waals surface area (Å²) in [6.45, 7) is 6.41. The number of para-hydroxylation sites is 1. The van der Waals surface area contributed by atoms with Gasteiger partial charge in [-0.1, -0.05) is 31.4 Å². The smallest absolute Gasteiger partial charge is 0.225 e. The number of benzene rings is 1. The number of tetrazole rings is 1. The molecule has 0 unspecified atom stereocenters. The molecule has 1 saturated carbocycles. The second-order valence-electron chi connectivity index (χ2n) is 10.3. The second-order valence-corrected chi connectivity index (χ2v) is 10.3. The molecule has 2 fully saturated rings. The largest absolute Gasteiger partial charge is 0.356 e. The van der Waals surface area contributed by atoms with Gasteiger partial charge in [-0.3, -0.25) is 0 Å². The standard InChI is InChI=1S/C27H42N10/c1-3-11-22(12-4-1)29-17-9-15-28-16-10-20-37-34-25(33-35-37)21-30-27-31-24-14-6-5-13-23(24)26(32-27)36-18-7-2-8-19-36/h5-6,13-14,22,28-29H,1-4,7-12,15-21H2,(H,30,31,32).